The van der Waals surface area contributed by atoms with E-state index in [2.05, 4.69) is 15.2 Å². The van der Waals surface area contributed by atoms with Crippen molar-refractivity contribution in [2.75, 3.05) is 31.1 Å². The molecule has 114 valence electrons. The highest BCUT2D eigenvalue weighted by atomic mass is 16.1. The van der Waals surface area contributed by atoms with Crippen LogP contribution in [0, 0.1) is 12.3 Å². The largest absolute Gasteiger partial charge is 0.365 e. The van der Waals surface area contributed by atoms with E-state index in [1.165, 1.54) is 19.3 Å². The number of pyridine rings is 1. The quantitative estimate of drug-likeness (QED) is 0.864. The van der Waals surface area contributed by atoms with E-state index in [1.54, 1.807) is 6.20 Å². The molecular formula is C16H24N4O. The molecule has 5 nitrogen and oxygen atoms in total. The first-order valence-electron chi connectivity index (χ1n) is 7.82. The van der Waals surface area contributed by atoms with Gasteiger partial charge in [-0.2, -0.15) is 0 Å². The van der Waals surface area contributed by atoms with Gasteiger partial charge in [0.15, 0.2) is 0 Å². The number of piperidine rings is 2. The lowest BCUT2D eigenvalue weighted by molar-refractivity contribution is 0.0999. The summed E-state index contributed by atoms with van der Waals surface area (Å²) in [4.78, 5) is 18.5. The van der Waals surface area contributed by atoms with Crippen LogP contribution in [0.3, 0.4) is 0 Å². The summed E-state index contributed by atoms with van der Waals surface area (Å²) in [6.07, 6.45) is 6.67. The van der Waals surface area contributed by atoms with Gasteiger partial charge in [-0.3, -0.25) is 4.79 Å². The lowest BCUT2D eigenvalue weighted by Crippen LogP contribution is -2.51. The Morgan fingerprint density at radius 3 is 2.95 bits per heavy atom. The molecule has 2 aliphatic rings. The zero-order valence-electron chi connectivity index (χ0n) is 12.7. The molecule has 0 aliphatic carbocycles. The number of hydrogen-bond acceptors (Lipinski definition) is 4. The number of primary amides is 1. The standard InChI is InChI=1S/C16H24N4O/c1-12-4-8-19-15(13(12)14(17)21)20-9-3-6-16(11-20)5-2-7-18-10-16/h4,8,18H,2-3,5-7,9-11H2,1H3,(H2,17,21). The number of anilines is 1. The number of carbonyl (C=O) groups excluding carboxylic acids is 1. The van der Waals surface area contributed by atoms with E-state index >= 15 is 0 Å². The van der Waals surface area contributed by atoms with Crippen LogP contribution in [0.2, 0.25) is 0 Å². The number of nitrogens with zero attached hydrogens (tertiary/aromatic N) is 2. The summed E-state index contributed by atoms with van der Waals surface area (Å²) < 4.78 is 0. The SMILES string of the molecule is Cc1ccnc(N2CCCC3(CCCNC3)C2)c1C(N)=O. The fraction of sp³-hybridized carbons (Fsp3) is 0.625. The number of aryl methyl sites for hydroxylation is 1. The second-order valence-corrected chi connectivity index (χ2v) is 6.50. The molecule has 0 radical (unpaired) electrons. The molecule has 1 aromatic rings. The van der Waals surface area contributed by atoms with Gasteiger partial charge in [0.1, 0.15) is 5.82 Å². The van der Waals surface area contributed by atoms with Crippen molar-refractivity contribution in [1.82, 2.24) is 10.3 Å². The Morgan fingerprint density at radius 2 is 2.24 bits per heavy atom. The van der Waals surface area contributed by atoms with Crippen LogP contribution in [0.25, 0.3) is 0 Å². The lowest BCUT2D eigenvalue weighted by atomic mass is 9.74. The first-order chi connectivity index (χ1) is 10.1. The van der Waals surface area contributed by atoms with E-state index in [0.717, 1.165) is 44.0 Å². The Morgan fingerprint density at radius 1 is 1.43 bits per heavy atom. The highest BCUT2D eigenvalue weighted by Gasteiger charge is 2.37. The molecule has 3 heterocycles. The third kappa shape index (κ3) is 2.75. The fourth-order valence-electron chi connectivity index (χ4n) is 3.86. The Bertz CT molecular complexity index is 532. The van der Waals surface area contributed by atoms with Crippen molar-refractivity contribution in [2.24, 2.45) is 11.1 Å². The van der Waals surface area contributed by atoms with E-state index in [-0.39, 0.29) is 5.91 Å². The van der Waals surface area contributed by atoms with Crippen molar-refractivity contribution in [3.63, 3.8) is 0 Å². The van der Waals surface area contributed by atoms with Gasteiger partial charge in [0.2, 0.25) is 0 Å². The van der Waals surface area contributed by atoms with Crippen molar-refractivity contribution in [2.45, 2.75) is 32.6 Å². The average Bonchev–Trinajstić information content (AvgIpc) is 2.47. The molecule has 3 rings (SSSR count). The predicted molar refractivity (Wildman–Crippen MR) is 83.5 cm³/mol. The number of nitrogens with one attached hydrogen (secondary N) is 1. The molecule has 0 saturated carbocycles. The lowest BCUT2D eigenvalue weighted by Gasteiger charge is -2.46. The Hall–Kier alpha value is -1.62. The minimum atomic E-state index is -0.378. The first kappa shape index (κ1) is 14.3. The van der Waals surface area contributed by atoms with Crippen LogP contribution in [-0.2, 0) is 0 Å². The number of aromatic nitrogens is 1. The second kappa shape index (κ2) is 5.64. The minimum absolute atomic E-state index is 0.330. The predicted octanol–water partition coefficient (Wildman–Crippen LogP) is 1.46. The zero-order valence-corrected chi connectivity index (χ0v) is 12.7. The Balaban J connectivity index is 1.90. The topological polar surface area (TPSA) is 71.2 Å². The van der Waals surface area contributed by atoms with Gasteiger partial charge in [-0.25, -0.2) is 4.98 Å². The van der Waals surface area contributed by atoms with Crippen molar-refractivity contribution < 1.29 is 4.79 Å². The third-order valence-corrected chi connectivity index (χ3v) is 4.91. The molecular weight excluding hydrogens is 264 g/mol. The summed E-state index contributed by atoms with van der Waals surface area (Å²) in [5.41, 5.74) is 7.40. The molecule has 0 aromatic carbocycles. The zero-order chi connectivity index (χ0) is 14.9. The molecule has 1 spiro atoms. The summed E-state index contributed by atoms with van der Waals surface area (Å²) in [5.74, 6) is 0.393. The van der Waals surface area contributed by atoms with Gasteiger partial charge in [0.25, 0.3) is 5.91 Å². The molecule has 2 saturated heterocycles. The van der Waals surface area contributed by atoms with Crippen LogP contribution in [0.15, 0.2) is 12.3 Å². The van der Waals surface area contributed by atoms with Gasteiger partial charge in [-0.15, -0.1) is 0 Å². The van der Waals surface area contributed by atoms with Crippen molar-refractivity contribution in [1.29, 1.82) is 0 Å². The average molecular weight is 288 g/mol. The number of amides is 1. The maximum atomic E-state index is 11.8. The molecule has 1 amide bonds. The van der Waals surface area contributed by atoms with Crippen LogP contribution in [-0.4, -0.2) is 37.1 Å². The number of rotatable bonds is 2. The molecule has 2 aliphatic heterocycles. The van der Waals surface area contributed by atoms with Crippen LogP contribution >= 0.6 is 0 Å². The molecule has 2 fully saturated rings. The van der Waals surface area contributed by atoms with Gasteiger partial charge in [-0.1, -0.05) is 0 Å². The van der Waals surface area contributed by atoms with Gasteiger partial charge in [-0.05, 0) is 50.8 Å². The molecule has 0 bridgehead atoms. The second-order valence-electron chi connectivity index (χ2n) is 6.50. The molecule has 1 atom stereocenters. The first-order valence-corrected chi connectivity index (χ1v) is 7.82. The molecule has 3 N–H and O–H groups in total. The normalized spacial score (nSPS) is 26.0. The third-order valence-electron chi connectivity index (χ3n) is 4.91. The Labute approximate surface area is 125 Å². The molecule has 5 heteroatoms. The van der Waals surface area contributed by atoms with Crippen molar-refractivity contribution in [3.8, 4) is 0 Å². The Kier molecular flexibility index (Phi) is 3.85. The van der Waals surface area contributed by atoms with Gasteiger partial charge in [0.05, 0.1) is 5.56 Å². The van der Waals surface area contributed by atoms with E-state index in [9.17, 15) is 4.79 Å². The number of carbonyl (C=O) groups is 1. The summed E-state index contributed by atoms with van der Waals surface area (Å²) in [5, 5.41) is 3.53. The maximum Gasteiger partial charge on any atom is 0.252 e. The summed E-state index contributed by atoms with van der Waals surface area (Å²) in [6.45, 7) is 6.04. The van der Waals surface area contributed by atoms with Gasteiger partial charge < -0.3 is 16.0 Å². The molecule has 1 unspecified atom stereocenters. The van der Waals surface area contributed by atoms with Crippen LogP contribution in [0.5, 0.6) is 0 Å². The summed E-state index contributed by atoms with van der Waals surface area (Å²) in [7, 11) is 0. The maximum absolute atomic E-state index is 11.8. The van der Waals surface area contributed by atoms with Crippen molar-refractivity contribution in [3.05, 3.63) is 23.4 Å². The monoisotopic (exact) mass is 288 g/mol. The minimum Gasteiger partial charge on any atom is -0.365 e. The van der Waals surface area contributed by atoms with Crippen molar-refractivity contribution >= 4 is 11.7 Å². The highest BCUT2D eigenvalue weighted by Crippen LogP contribution is 2.38. The highest BCUT2D eigenvalue weighted by molar-refractivity contribution is 5.99. The fourth-order valence-corrected chi connectivity index (χ4v) is 3.86. The summed E-state index contributed by atoms with van der Waals surface area (Å²) >= 11 is 0. The molecule has 1 aromatic heterocycles. The number of hydrogen-bond donors (Lipinski definition) is 2. The van der Waals surface area contributed by atoms with E-state index in [4.69, 9.17) is 5.73 Å². The smallest absolute Gasteiger partial charge is 0.252 e. The van der Waals surface area contributed by atoms with E-state index in [0.29, 0.717) is 11.0 Å². The number of nitrogens with two attached hydrogens (primary N) is 1. The van der Waals surface area contributed by atoms with Crippen LogP contribution in [0.4, 0.5) is 5.82 Å². The summed E-state index contributed by atoms with van der Waals surface area (Å²) in [6, 6.07) is 1.85. The van der Waals surface area contributed by atoms with Gasteiger partial charge in [0, 0.05) is 31.2 Å². The van der Waals surface area contributed by atoms with Crippen LogP contribution in [0.1, 0.15) is 41.6 Å². The van der Waals surface area contributed by atoms with E-state index in [1.807, 2.05) is 13.0 Å². The van der Waals surface area contributed by atoms with E-state index < -0.39 is 0 Å². The van der Waals surface area contributed by atoms with Crippen LogP contribution < -0.4 is 16.0 Å². The molecule has 21 heavy (non-hydrogen) atoms. The van der Waals surface area contributed by atoms with Gasteiger partial charge >= 0.3 is 0 Å².